The Morgan fingerprint density at radius 1 is 1.43 bits per heavy atom. The number of carbonyl (C=O) groups is 1. The highest BCUT2D eigenvalue weighted by atomic mass is 79.9. The molecule has 2 rings (SSSR count). The number of nitrogens with one attached hydrogen (secondary N) is 1. The van der Waals surface area contributed by atoms with Gasteiger partial charge in [0.1, 0.15) is 0 Å². The average Bonchev–Trinajstić information content (AvgIpc) is 2.44. The van der Waals surface area contributed by atoms with E-state index < -0.39 is 0 Å². The van der Waals surface area contributed by atoms with Crippen LogP contribution in [0.5, 0.6) is 0 Å². The van der Waals surface area contributed by atoms with Gasteiger partial charge in [0.2, 0.25) is 5.91 Å². The maximum Gasteiger partial charge on any atom is 0.238 e. The number of nitrogens with zero attached hydrogens (tertiary/aromatic N) is 1. The van der Waals surface area contributed by atoms with E-state index in [4.69, 9.17) is 17.3 Å². The van der Waals surface area contributed by atoms with Crippen LogP contribution in [0.25, 0.3) is 0 Å². The van der Waals surface area contributed by atoms with Crippen LogP contribution in [0.1, 0.15) is 19.3 Å². The quantitative estimate of drug-likeness (QED) is 0.832. The second kappa shape index (κ2) is 8.13. The Balaban J connectivity index is 1.80. The summed E-state index contributed by atoms with van der Waals surface area (Å²) in [4.78, 5) is 14.3. The number of benzene rings is 1. The van der Waals surface area contributed by atoms with E-state index in [0.717, 1.165) is 49.3 Å². The van der Waals surface area contributed by atoms with E-state index in [9.17, 15) is 4.79 Å². The van der Waals surface area contributed by atoms with Crippen molar-refractivity contribution in [3.05, 3.63) is 27.7 Å². The lowest BCUT2D eigenvalue weighted by molar-refractivity contribution is -0.117. The Labute approximate surface area is 139 Å². The lowest BCUT2D eigenvalue weighted by Gasteiger charge is -2.31. The van der Waals surface area contributed by atoms with Gasteiger partial charge in [0.05, 0.1) is 17.3 Å². The molecule has 0 atom stereocenters. The van der Waals surface area contributed by atoms with Gasteiger partial charge in [-0.3, -0.25) is 9.69 Å². The number of rotatable bonds is 5. The third-order valence-electron chi connectivity index (χ3n) is 3.85. The second-order valence-electron chi connectivity index (χ2n) is 5.47. The number of carbonyl (C=O) groups excluding carboxylic acids is 1. The van der Waals surface area contributed by atoms with Crippen molar-refractivity contribution in [1.29, 1.82) is 0 Å². The standard InChI is InChI=1S/C15H21BrClN3O/c16-12-1-2-14(13(17)9-12)19-15(21)10-20-7-4-11(3-6-18)5-8-20/h1-2,9,11H,3-8,10,18H2,(H,19,21). The van der Waals surface area contributed by atoms with E-state index in [0.29, 0.717) is 17.3 Å². The number of amides is 1. The van der Waals surface area contributed by atoms with Gasteiger partial charge in [-0.25, -0.2) is 0 Å². The van der Waals surface area contributed by atoms with Crippen LogP contribution in [-0.2, 0) is 4.79 Å². The van der Waals surface area contributed by atoms with Gasteiger partial charge in [0.25, 0.3) is 0 Å². The summed E-state index contributed by atoms with van der Waals surface area (Å²) in [6.07, 6.45) is 3.35. The Kier molecular flexibility index (Phi) is 6.48. The molecule has 1 fully saturated rings. The van der Waals surface area contributed by atoms with Crippen molar-refractivity contribution in [2.75, 3.05) is 31.5 Å². The molecular formula is C15H21BrClN3O. The number of anilines is 1. The third kappa shape index (κ3) is 5.25. The summed E-state index contributed by atoms with van der Waals surface area (Å²) in [6, 6.07) is 5.44. The highest BCUT2D eigenvalue weighted by Gasteiger charge is 2.20. The molecule has 3 N–H and O–H groups in total. The highest BCUT2D eigenvalue weighted by Crippen LogP contribution is 2.25. The summed E-state index contributed by atoms with van der Waals surface area (Å²) in [5, 5.41) is 3.41. The molecule has 1 aliphatic heterocycles. The normalized spacial score (nSPS) is 16.9. The van der Waals surface area contributed by atoms with Gasteiger partial charge in [-0.15, -0.1) is 0 Å². The molecule has 0 aliphatic carbocycles. The summed E-state index contributed by atoms with van der Waals surface area (Å²) in [7, 11) is 0. The molecule has 1 aliphatic rings. The van der Waals surface area contributed by atoms with Crippen molar-refractivity contribution in [3.63, 3.8) is 0 Å². The summed E-state index contributed by atoms with van der Waals surface area (Å²) in [6.45, 7) is 3.10. The summed E-state index contributed by atoms with van der Waals surface area (Å²) in [5.74, 6) is 0.701. The van der Waals surface area contributed by atoms with E-state index in [1.807, 2.05) is 6.07 Å². The van der Waals surface area contributed by atoms with Gasteiger partial charge >= 0.3 is 0 Å². The van der Waals surface area contributed by atoms with Gasteiger partial charge in [-0.1, -0.05) is 27.5 Å². The summed E-state index contributed by atoms with van der Waals surface area (Å²) >= 11 is 9.45. The minimum absolute atomic E-state index is 0.0171. The molecule has 0 aromatic heterocycles. The summed E-state index contributed by atoms with van der Waals surface area (Å²) in [5.41, 5.74) is 6.25. The number of halogens is 2. The maximum atomic E-state index is 12.1. The SMILES string of the molecule is NCCC1CCN(CC(=O)Nc2ccc(Br)cc2Cl)CC1. The lowest BCUT2D eigenvalue weighted by Crippen LogP contribution is -2.39. The number of hydrogen-bond donors (Lipinski definition) is 2. The van der Waals surface area contributed by atoms with Gasteiger partial charge in [0.15, 0.2) is 0 Å². The number of likely N-dealkylation sites (tertiary alicyclic amines) is 1. The zero-order valence-corrected chi connectivity index (χ0v) is 14.3. The molecule has 1 heterocycles. The van der Waals surface area contributed by atoms with E-state index in [1.54, 1.807) is 12.1 Å². The van der Waals surface area contributed by atoms with Crippen LogP contribution in [0.3, 0.4) is 0 Å². The second-order valence-corrected chi connectivity index (χ2v) is 6.79. The highest BCUT2D eigenvalue weighted by molar-refractivity contribution is 9.10. The molecule has 1 saturated heterocycles. The molecular weight excluding hydrogens is 354 g/mol. The largest absolute Gasteiger partial charge is 0.330 e. The first-order valence-corrected chi connectivity index (χ1v) is 8.43. The predicted molar refractivity (Wildman–Crippen MR) is 90.6 cm³/mol. The van der Waals surface area contributed by atoms with E-state index in [2.05, 4.69) is 26.1 Å². The molecule has 1 amide bonds. The smallest absolute Gasteiger partial charge is 0.238 e. The zero-order chi connectivity index (χ0) is 15.2. The predicted octanol–water partition coefficient (Wildman–Crippen LogP) is 3.10. The van der Waals surface area contributed by atoms with Crippen molar-refractivity contribution < 1.29 is 4.79 Å². The number of nitrogens with two attached hydrogens (primary N) is 1. The maximum absolute atomic E-state index is 12.1. The van der Waals surface area contributed by atoms with Gasteiger partial charge in [0, 0.05) is 4.47 Å². The number of piperidine rings is 1. The Morgan fingerprint density at radius 3 is 2.76 bits per heavy atom. The van der Waals surface area contributed by atoms with Gasteiger partial charge < -0.3 is 11.1 Å². The monoisotopic (exact) mass is 373 g/mol. The molecule has 0 radical (unpaired) electrons. The number of hydrogen-bond acceptors (Lipinski definition) is 3. The van der Waals surface area contributed by atoms with Crippen molar-refractivity contribution >= 4 is 39.1 Å². The Morgan fingerprint density at radius 2 is 2.14 bits per heavy atom. The molecule has 21 heavy (non-hydrogen) atoms. The molecule has 0 saturated carbocycles. The van der Waals surface area contributed by atoms with Crippen LogP contribution in [0.15, 0.2) is 22.7 Å². The first-order valence-electron chi connectivity index (χ1n) is 7.26. The van der Waals surface area contributed by atoms with E-state index >= 15 is 0 Å². The van der Waals surface area contributed by atoms with Gasteiger partial charge in [-0.05, 0) is 63.0 Å². The molecule has 0 unspecified atom stereocenters. The van der Waals surface area contributed by atoms with Crippen LogP contribution in [-0.4, -0.2) is 37.0 Å². The van der Waals surface area contributed by atoms with Crippen LogP contribution >= 0.6 is 27.5 Å². The van der Waals surface area contributed by atoms with Crippen molar-refractivity contribution in [2.45, 2.75) is 19.3 Å². The molecule has 0 spiro atoms. The fourth-order valence-electron chi connectivity index (χ4n) is 2.65. The molecule has 0 bridgehead atoms. The van der Waals surface area contributed by atoms with Crippen LogP contribution in [0.4, 0.5) is 5.69 Å². The van der Waals surface area contributed by atoms with Crippen LogP contribution in [0.2, 0.25) is 5.02 Å². The fraction of sp³-hybridized carbons (Fsp3) is 0.533. The van der Waals surface area contributed by atoms with Crippen molar-refractivity contribution in [2.24, 2.45) is 11.7 Å². The topological polar surface area (TPSA) is 58.4 Å². The van der Waals surface area contributed by atoms with Crippen LogP contribution in [0, 0.1) is 5.92 Å². The Hall–Kier alpha value is -0.620. The van der Waals surface area contributed by atoms with Crippen molar-refractivity contribution in [1.82, 2.24) is 4.90 Å². The van der Waals surface area contributed by atoms with E-state index in [-0.39, 0.29) is 5.91 Å². The average molecular weight is 375 g/mol. The fourth-order valence-corrected chi connectivity index (χ4v) is 3.37. The van der Waals surface area contributed by atoms with Gasteiger partial charge in [-0.2, -0.15) is 0 Å². The first kappa shape index (κ1) is 16.7. The minimum Gasteiger partial charge on any atom is -0.330 e. The zero-order valence-electron chi connectivity index (χ0n) is 11.9. The molecule has 116 valence electrons. The van der Waals surface area contributed by atoms with Crippen molar-refractivity contribution in [3.8, 4) is 0 Å². The first-order chi connectivity index (χ1) is 10.1. The molecule has 1 aromatic rings. The summed E-state index contributed by atoms with van der Waals surface area (Å²) < 4.78 is 0.896. The van der Waals surface area contributed by atoms with Crippen LogP contribution < -0.4 is 11.1 Å². The molecule has 1 aromatic carbocycles. The van der Waals surface area contributed by atoms with E-state index in [1.165, 1.54) is 0 Å². The Bertz CT molecular complexity index is 490. The lowest BCUT2D eigenvalue weighted by atomic mass is 9.94. The molecule has 6 heteroatoms. The molecule has 4 nitrogen and oxygen atoms in total. The minimum atomic E-state index is -0.0171. The third-order valence-corrected chi connectivity index (χ3v) is 4.66.